The van der Waals surface area contributed by atoms with Crippen molar-refractivity contribution in [1.82, 2.24) is 0 Å². The van der Waals surface area contributed by atoms with Crippen LogP contribution in [-0.4, -0.2) is 12.2 Å². The van der Waals surface area contributed by atoms with Crippen LogP contribution in [0.15, 0.2) is 14.4 Å². The second kappa shape index (κ2) is 2.19. The van der Waals surface area contributed by atoms with E-state index in [2.05, 4.69) is 4.74 Å². The Morgan fingerprint density at radius 2 is 1.64 bits per heavy atom. The third kappa shape index (κ3) is 0.813. The van der Waals surface area contributed by atoms with E-state index in [0.717, 1.165) is 7.11 Å². The lowest BCUT2D eigenvalue weighted by Crippen LogP contribution is -2.29. The molecule has 5 heteroatoms. The molecule has 0 unspecified atom stereocenters. The van der Waals surface area contributed by atoms with Gasteiger partial charge in [0.25, 0.3) is 16.3 Å². The van der Waals surface area contributed by atoms with Crippen LogP contribution in [0.4, 0.5) is 0 Å². The summed E-state index contributed by atoms with van der Waals surface area (Å²) < 4.78 is 4.31. The van der Waals surface area contributed by atoms with Gasteiger partial charge in [-0.3, -0.25) is 14.4 Å². The first-order valence-corrected chi connectivity index (χ1v) is 2.70. The van der Waals surface area contributed by atoms with Crippen LogP contribution in [0, 0.1) is 0 Å². The van der Waals surface area contributed by atoms with E-state index in [1.807, 2.05) is 0 Å². The minimum Gasteiger partial charge on any atom is -0.501 e. The zero-order valence-corrected chi connectivity index (χ0v) is 5.58. The first-order valence-electron chi connectivity index (χ1n) is 2.70. The van der Waals surface area contributed by atoms with Gasteiger partial charge in [-0.1, -0.05) is 0 Å². The number of aromatic hydroxyl groups is 1. The molecule has 5 nitrogen and oxygen atoms in total. The van der Waals surface area contributed by atoms with E-state index in [9.17, 15) is 14.4 Å². The third-order valence-electron chi connectivity index (χ3n) is 1.25. The lowest BCUT2D eigenvalue weighted by molar-refractivity contribution is 0.372. The van der Waals surface area contributed by atoms with Crippen molar-refractivity contribution in [2.45, 2.75) is 0 Å². The van der Waals surface area contributed by atoms with Gasteiger partial charge >= 0.3 is 0 Å². The molecule has 0 atom stereocenters. The summed E-state index contributed by atoms with van der Waals surface area (Å²) >= 11 is 0. The molecule has 0 saturated heterocycles. The molecule has 1 aromatic carbocycles. The van der Waals surface area contributed by atoms with Crippen LogP contribution in [0.5, 0.6) is 11.5 Å². The maximum atomic E-state index is 10.6. The van der Waals surface area contributed by atoms with Crippen LogP contribution < -0.4 is 21.0 Å². The van der Waals surface area contributed by atoms with Crippen molar-refractivity contribution in [3.8, 4) is 11.5 Å². The van der Waals surface area contributed by atoms with Crippen LogP contribution in [0.3, 0.4) is 0 Å². The van der Waals surface area contributed by atoms with Gasteiger partial charge in [-0.05, 0) is 0 Å². The van der Waals surface area contributed by atoms with Crippen molar-refractivity contribution in [2.24, 2.45) is 0 Å². The fourth-order valence-corrected chi connectivity index (χ4v) is 0.714. The monoisotopic (exact) mass is 156 g/mol. The molecular formula is C6H4O5. The van der Waals surface area contributed by atoms with Gasteiger partial charge in [0, 0.05) is 0 Å². The molecule has 0 aliphatic rings. The van der Waals surface area contributed by atoms with Gasteiger partial charge in [-0.15, -0.1) is 0 Å². The molecule has 1 aromatic rings. The molecule has 0 aliphatic heterocycles. The van der Waals surface area contributed by atoms with Crippen molar-refractivity contribution in [2.75, 3.05) is 7.11 Å². The first-order chi connectivity index (χ1) is 5.09. The number of hydrogen-bond acceptors (Lipinski definition) is 5. The Hall–Kier alpha value is -1.65. The molecule has 0 heterocycles. The predicted octanol–water partition coefficient (Wildman–Crippen LogP) is -1.64. The van der Waals surface area contributed by atoms with Crippen LogP contribution in [0.25, 0.3) is 0 Å². The van der Waals surface area contributed by atoms with Gasteiger partial charge in [0.2, 0.25) is 11.5 Å². The molecular weight excluding hydrogens is 152 g/mol. The summed E-state index contributed by atoms with van der Waals surface area (Å²) in [5, 5.41) is 8.76. The Kier molecular flexibility index (Phi) is 1.48. The number of ether oxygens (including phenoxy) is 1. The molecule has 0 spiro atoms. The Bertz CT molecular complexity index is 409. The van der Waals surface area contributed by atoms with E-state index >= 15 is 0 Å². The molecule has 0 fully saturated rings. The van der Waals surface area contributed by atoms with Crippen molar-refractivity contribution >= 4 is 0 Å². The molecule has 1 N–H and O–H groups in total. The van der Waals surface area contributed by atoms with Gasteiger partial charge < -0.3 is 9.84 Å². The Morgan fingerprint density at radius 1 is 1.09 bits per heavy atom. The molecule has 58 valence electrons. The predicted molar refractivity (Wildman–Crippen MR) is 35.8 cm³/mol. The van der Waals surface area contributed by atoms with Crippen molar-refractivity contribution < 1.29 is 9.84 Å². The lowest BCUT2D eigenvalue weighted by Gasteiger charge is -1.90. The van der Waals surface area contributed by atoms with E-state index < -0.39 is 27.8 Å². The van der Waals surface area contributed by atoms with Crippen LogP contribution in [0.1, 0.15) is 0 Å². The highest BCUT2D eigenvalue weighted by atomic mass is 16.5. The molecule has 0 saturated carbocycles. The molecule has 1 rings (SSSR count). The van der Waals surface area contributed by atoms with E-state index in [0.29, 0.717) is 0 Å². The smallest absolute Gasteiger partial charge is 0.280 e. The third-order valence-corrected chi connectivity index (χ3v) is 1.25. The standard InChI is InChI=1S/C6H4O5/c1-11-6-4(9)2(7)3(8)5(6)10/h9H,1H3. The average Bonchev–Trinajstić information content (AvgIpc) is 2.17. The minimum absolute atomic E-state index is 0.569. The summed E-state index contributed by atoms with van der Waals surface area (Å²) in [4.78, 5) is 31.7. The molecule has 0 aromatic heterocycles. The SMILES string of the molecule is COc1c(O)c(=O)c(=O)c1=O. The second-order valence-electron chi connectivity index (χ2n) is 1.87. The Labute approximate surface area is 60.2 Å². The van der Waals surface area contributed by atoms with Crippen molar-refractivity contribution in [3.63, 3.8) is 0 Å². The maximum absolute atomic E-state index is 10.6. The first kappa shape index (κ1) is 7.46. The minimum atomic E-state index is -1.25. The summed E-state index contributed by atoms with van der Waals surface area (Å²) in [6.07, 6.45) is 0. The van der Waals surface area contributed by atoms with E-state index in [4.69, 9.17) is 5.11 Å². The van der Waals surface area contributed by atoms with Gasteiger partial charge in [-0.2, -0.15) is 0 Å². The number of rotatable bonds is 1. The van der Waals surface area contributed by atoms with Gasteiger partial charge in [0.15, 0.2) is 0 Å². The van der Waals surface area contributed by atoms with E-state index in [1.165, 1.54) is 0 Å². The topological polar surface area (TPSA) is 80.7 Å². The molecule has 11 heavy (non-hydrogen) atoms. The van der Waals surface area contributed by atoms with Crippen LogP contribution >= 0.6 is 0 Å². The summed E-state index contributed by atoms with van der Waals surface area (Å²) in [5.41, 5.74) is -3.54. The molecule has 0 amide bonds. The zero-order chi connectivity index (χ0) is 8.59. The maximum Gasteiger partial charge on any atom is 0.280 e. The average molecular weight is 156 g/mol. The largest absolute Gasteiger partial charge is 0.501 e. The fourth-order valence-electron chi connectivity index (χ4n) is 0.714. The van der Waals surface area contributed by atoms with Gasteiger partial charge in [0.1, 0.15) is 0 Å². The number of methoxy groups -OCH3 is 1. The molecule has 0 bridgehead atoms. The fraction of sp³-hybridized carbons (Fsp3) is 0.167. The highest BCUT2D eigenvalue weighted by Gasteiger charge is 2.18. The lowest BCUT2D eigenvalue weighted by atomic mass is 10.5. The molecule has 0 radical (unpaired) electrons. The highest BCUT2D eigenvalue weighted by molar-refractivity contribution is 5.40. The van der Waals surface area contributed by atoms with Crippen molar-refractivity contribution in [1.29, 1.82) is 0 Å². The summed E-state index contributed by atoms with van der Waals surface area (Å²) in [7, 11) is 1.09. The summed E-state index contributed by atoms with van der Waals surface area (Å²) in [6.45, 7) is 0. The quantitative estimate of drug-likeness (QED) is 0.493. The van der Waals surface area contributed by atoms with E-state index in [1.54, 1.807) is 0 Å². The summed E-state index contributed by atoms with van der Waals surface area (Å²) in [5.74, 6) is -1.47. The summed E-state index contributed by atoms with van der Waals surface area (Å²) in [6, 6.07) is 0. The Balaban J connectivity index is 3.77. The zero-order valence-electron chi connectivity index (χ0n) is 5.58. The second-order valence-corrected chi connectivity index (χ2v) is 1.87. The number of hydrogen-bond donors (Lipinski definition) is 1. The van der Waals surface area contributed by atoms with Crippen LogP contribution in [-0.2, 0) is 0 Å². The van der Waals surface area contributed by atoms with Gasteiger partial charge in [0.05, 0.1) is 7.11 Å². The van der Waals surface area contributed by atoms with Crippen molar-refractivity contribution in [3.05, 3.63) is 30.7 Å². The van der Waals surface area contributed by atoms with Gasteiger partial charge in [-0.25, -0.2) is 0 Å². The normalized spacial score (nSPS) is 9.91. The highest BCUT2D eigenvalue weighted by Crippen LogP contribution is 2.12. The van der Waals surface area contributed by atoms with E-state index in [-0.39, 0.29) is 0 Å². The Morgan fingerprint density at radius 3 is 1.82 bits per heavy atom. The molecule has 0 aliphatic carbocycles. The van der Waals surface area contributed by atoms with Crippen LogP contribution in [0.2, 0.25) is 0 Å².